The summed E-state index contributed by atoms with van der Waals surface area (Å²) < 4.78 is 0. The quantitative estimate of drug-likeness (QED) is 0.509. The van der Waals surface area contributed by atoms with Gasteiger partial charge in [-0.2, -0.15) is 0 Å². The van der Waals surface area contributed by atoms with Gasteiger partial charge in [0.1, 0.15) is 0 Å². The zero-order valence-corrected chi connectivity index (χ0v) is 15.2. The number of rotatable bonds is 3. The molecule has 4 nitrogen and oxygen atoms in total. The Balaban J connectivity index is 0.00000289. The first kappa shape index (κ1) is 17.7. The first-order chi connectivity index (χ1) is 7.74. The molecule has 0 heterocycles. The van der Waals surface area contributed by atoms with Crippen LogP contribution in [0.4, 0.5) is 0 Å². The van der Waals surface area contributed by atoms with E-state index in [2.05, 4.69) is 0 Å². The van der Waals surface area contributed by atoms with Crippen LogP contribution in [0.1, 0.15) is 26.3 Å². The van der Waals surface area contributed by atoms with Gasteiger partial charge in [0.15, 0.2) is 0 Å². The monoisotopic (exact) mass is 372 g/mol. The third-order valence-electron chi connectivity index (χ3n) is 2.94. The van der Waals surface area contributed by atoms with Crippen molar-refractivity contribution in [3.8, 4) is 0 Å². The van der Waals surface area contributed by atoms with Gasteiger partial charge in [-0.3, -0.25) is 0 Å². The van der Waals surface area contributed by atoms with E-state index in [1.165, 1.54) is 32.9 Å². The Bertz CT molecular complexity index is 420. The Kier molecular flexibility index (Phi) is 6.16. The number of carbonyl (C=O) groups is 2. The normalized spacial score (nSPS) is 11.5. The molecule has 0 aliphatic heterocycles. The molecule has 0 aliphatic carbocycles. The largest absolute Gasteiger partial charge is 2.00 e. The average molecular weight is 372 g/mol. The molecular formula is C13H14BaO4. The second kappa shape index (κ2) is 6.25. The summed E-state index contributed by atoms with van der Waals surface area (Å²) in [5.74, 6) is -3.31. The summed E-state index contributed by atoms with van der Waals surface area (Å²) in [6.07, 6.45) is 0. The van der Waals surface area contributed by atoms with Gasteiger partial charge >= 0.3 is 48.9 Å². The van der Waals surface area contributed by atoms with E-state index in [0.717, 1.165) is 0 Å². The van der Waals surface area contributed by atoms with E-state index < -0.39 is 22.8 Å². The molecule has 5 heteroatoms. The number of carboxylic acid groups (broad SMARTS) is 2. The van der Waals surface area contributed by atoms with Gasteiger partial charge < -0.3 is 19.8 Å². The van der Waals surface area contributed by atoms with Crippen molar-refractivity contribution in [2.45, 2.75) is 26.2 Å². The number of aliphatic carboxylic acids is 2. The molecule has 1 aromatic rings. The van der Waals surface area contributed by atoms with Gasteiger partial charge in [0.2, 0.25) is 0 Å². The molecule has 1 rings (SSSR count). The number of benzene rings is 1. The molecule has 0 saturated heterocycles. The Morgan fingerprint density at radius 3 is 1.61 bits per heavy atom. The van der Waals surface area contributed by atoms with Gasteiger partial charge in [0.05, 0.1) is 17.4 Å². The molecular weight excluding hydrogens is 357 g/mol. The topological polar surface area (TPSA) is 80.3 Å². The molecule has 0 spiro atoms. The molecule has 92 valence electrons. The predicted molar refractivity (Wildman–Crippen MR) is 63.3 cm³/mol. The molecule has 0 fully saturated rings. The van der Waals surface area contributed by atoms with Crippen LogP contribution in [0.25, 0.3) is 0 Å². The summed E-state index contributed by atoms with van der Waals surface area (Å²) in [4.78, 5) is 22.8. The Labute approximate surface area is 146 Å². The Morgan fingerprint density at radius 1 is 0.944 bits per heavy atom. The van der Waals surface area contributed by atoms with Crippen LogP contribution in [0.3, 0.4) is 0 Å². The molecule has 0 aliphatic rings. The molecule has 0 aromatic heterocycles. The molecule has 0 amide bonds. The molecule has 0 saturated carbocycles. The van der Waals surface area contributed by atoms with Crippen LogP contribution in [0, 0.1) is 5.41 Å². The third kappa shape index (κ3) is 2.83. The van der Waals surface area contributed by atoms with Gasteiger partial charge in [-0.15, -0.1) is 0 Å². The van der Waals surface area contributed by atoms with Crippen LogP contribution in [0.2, 0.25) is 0 Å². The summed E-state index contributed by atoms with van der Waals surface area (Å²) >= 11 is 0. The van der Waals surface area contributed by atoms with Crippen molar-refractivity contribution in [1.82, 2.24) is 0 Å². The van der Waals surface area contributed by atoms with Gasteiger partial charge in [-0.05, 0) is 11.0 Å². The van der Waals surface area contributed by atoms with Gasteiger partial charge in [-0.25, -0.2) is 0 Å². The summed E-state index contributed by atoms with van der Waals surface area (Å²) in [5.41, 5.74) is -3.06. The van der Waals surface area contributed by atoms with E-state index in [-0.39, 0.29) is 54.4 Å². The van der Waals surface area contributed by atoms with E-state index in [9.17, 15) is 19.8 Å². The fourth-order valence-electron chi connectivity index (χ4n) is 2.05. The van der Waals surface area contributed by atoms with Crippen LogP contribution in [-0.4, -0.2) is 60.8 Å². The maximum atomic E-state index is 11.4. The minimum Gasteiger partial charge on any atom is -0.549 e. The zero-order chi connectivity index (χ0) is 13.3. The van der Waals surface area contributed by atoms with Gasteiger partial charge in [0, 0.05) is 0 Å². The van der Waals surface area contributed by atoms with Crippen molar-refractivity contribution in [2.24, 2.45) is 5.41 Å². The zero-order valence-electron chi connectivity index (χ0n) is 10.7. The van der Waals surface area contributed by atoms with Gasteiger partial charge in [0.25, 0.3) is 0 Å². The molecule has 18 heavy (non-hydrogen) atoms. The van der Waals surface area contributed by atoms with Crippen molar-refractivity contribution < 1.29 is 19.8 Å². The molecule has 1 aromatic carbocycles. The minimum atomic E-state index is -2.16. The first-order valence-corrected chi connectivity index (χ1v) is 5.23. The minimum absolute atomic E-state index is 0. The predicted octanol–water partition coefficient (Wildman–Crippen LogP) is -0.910. The molecule has 0 N–H and O–H groups in total. The Hall–Kier alpha value is -0.269. The molecule has 0 unspecified atom stereocenters. The Morgan fingerprint density at radius 2 is 1.33 bits per heavy atom. The number of carboxylic acids is 2. The number of carbonyl (C=O) groups excluding carboxylic acids is 2. The molecule has 0 bridgehead atoms. The maximum Gasteiger partial charge on any atom is 2.00 e. The summed E-state index contributed by atoms with van der Waals surface area (Å²) in [6, 6.07) is 7.76. The summed E-state index contributed by atoms with van der Waals surface area (Å²) in [6.45, 7) is 4.60. The van der Waals surface area contributed by atoms with Crippen molar-refractivity contribution in [2.75, 3.05) is 0 Å². The van der Waals surface area contributed by atoms with E-state index >= 15 is 0 Å². The fourth-order valence-corrected chi connectivity index (χ4v) is 2.05. The van der Waals surface area contributed by atoms with E-state index in [1.54, 1.807) is 18.2 Å². The SMILES string of the molecule is CC(C)(C)C(C(=O)[O-])(C(=O)[O-])c1ccccc1.[Ba+2]. The molecule has 0 atom stereocenters. The average Bonchev–Trinajstić information content (AvgIpc) is 2.16. The van der Waals surface area contributed by atoms with Gasteiger partial charge in [-0.1, -0.05) is 51.1 Å². The van der Waals surface area contributed by atoms with Crippen LogP contribution in [0.15, 0.2) is 30.3 Å². The van der Waals surface area contributed by atoms with E-state index in [0.29, 0.717) is 0 Å². The standard InChI is InChI=1S/C13H16O4.Ba/c1-12(2,3)13(10(14)15,11(16)17)9-7-5-4-6-8-9;/h4-8H,1-3H3,(H,14,15)(H,16,17);/q;+2/p-2. The number of hydrogen-bond acceptors (Lipinski definition) is 4. The van der Waals surface area contributed by atoms with Crippen LogP contribution < -0.4 is 10.2 Å². The number of hydrogen-bond donors (Lipinski definition) is 0. The second-order valence-electron chi connectivity index (χ2n) is 4.94. The van der Waals surface area contributed by atoms with Crippen LogP contribution in [-0.2, 0) is 15.0 Å². The van der Waals surface area contributed by atoms with Crippen molar-refractivity contribution in [1.29, 1.82) is 0 Å². The van der Waals surface area contributed by atoms with Crippen molar-refractivity contribution >= 4 is 60.8 Å². The summed E-state index contributed by atoms with van der Waals surface area (Å²) in [7, 11) is 0. The first-order valence-electron chi connectivity index (χ1n) is 5.23. The molecule has 0 radical (unpaired) electrons. The second-order valence-corrected chi connectivity index (χ2v) is 4.94. The fraction of sp³-hybridized carbons (Fsp3) is 0.385. The smallest absolute Gasteiger partial charge is 0.549 e. The van der Waals surface area contributed by atoms with Crippen LogP contribution in [0.5, 0.6) is 0 Å². The summed E-state index contributed by atoms with van der Waals surface area (Å²) in [5, 5.41) is 22.8. The van der Waals surface area contributed by atoms with Crippen LogP contribution >= 0.6 is 0 Å². The van der Waals surface area contributed by atoms with Crippen molar-refractivity contribution in [3.63, 3.8) is 0 Å². The maximum absolute atomic E-state index is 11.4. The van der Waals surface area contributed by atoms with E-state index in [1.807, 2.05) is 0 Å². The van der Waals surface area contributed by atoms with Crippen molar-refractivity contribution in [3.05, 3.63) is 35.9 Å². The van der Waals surface area contributed by atoms with E-state index in [4.69, 9.17) is 0 Å². The third-order valence-corrected chi connectivity index (χ3v) is 2.94.